The Bertz CT molecular complexity index is 1010. The highest BCUT2D eigenvalue weighted by molar-refractivity contribution is 7.89. The summed E-state index contributed by atoms with van der Waals surface area (Å²) >= 11 is 0. The Hall–Kier alpha value is -2.92. The minimum absolute atomic E-state index is 0.0252. The van der Waals surface area contributed by atoms with Crippen molar-refractivity contribution in [3.05, 3.63) is 42.2 Å². The molecule has 1 aromatic carbocycles. The molecule has 0 spiro atoms. The molecule has 0 bridgehead atoms. The van der Waals surface area contributed by atoms with E-state index in [4.69, 9.17) is 9.47 Å². The lowest BCUT2D eigenvalue weighted by Gasteiger charge is -2.33. The van der Waals surface area contributed by atoms with E-state index in [2.05, 4.69) is 15.3 Å². The summed E-state index contributed by atoms with van der Waals surface area (Å²) in [4.78, 5) is 22.9. The van der Waals surface area contributed by atoms with E-state index in [-0.39, 0.29) is 18.2 Å². The monoisotopic (exact) mass is 477 g/mol. The van der Waals surface area contributed by atoms with Crippen LogP contribution in [0.3, 0.4) is 0 Å². The van der Waals surface area contributed by atoms with Crippen LogP contribution in [-0.2, 0) is 10.0 Å². The Morgan fingerprint density at radius 1 is 1.03 bits per heavy atom. The topological polar surface area (TPSA) is 114 Å². The molecular weight excluding hydrogens is 446 g/mol. The lowest BCUT2D eigenvalue weighted by molar-refractivity contribution is 0.0953. The van der Waals surface area contributed by atoms with E-state index in [1.807, 2.05) is 18.7 Å². The number of aromatic nitrogens is 2. The van der Waals surface area contributed by atoms with Crippen LogP contribution in [0.4, 0.5) is 5.95 Å². The SMILES string of the molecule is CCOc1ccc(C(=O)NCCCS(=O)(=O)N2CCN(c3ncccn3)CC2)cc1OCC. The lowest BCUT2D eigenvalue weighted by Crippen LogP contribution is -2.49. The number of hydrogen-bond donors (Lipinski definition) is 1. The van der Waals surface area contributed by atoms with E-state index >= 15 is 0 Å². The van der Waals surface area contributed by atoms with Gasteiger partial charge in [-0.3, -0.25) is 4.79 Å². The highest BCUT2D eigenvalue weighted by atomic mass is 32.2. The van der Waals surface area contributed by atoms with Crippen LogP contribution in [0.1, 0.15) is 30.6 Å². The Balaban J connectivity index is 1.45. The number of ether oxygens (including phenoxy) is 2. The van der Waals surface area contributed by atoms with E-state index in [0.717, 1.165) is 0 Å². The molecule has 2 aromatic rings. The van der Waals surface area contributed by atoms with Gasteiger partial charge in [0.25, 0.3) is 5.91 Å². The van der Waals surface area contributed by atoms with Crippen LogP contribution in [0.2, 0.25) is 0 Å². The minimum atomic E-state index is -3.40. The zero-order valence-corrected chi connectivity index (χ0v) is 19.9. The van der Waals surface area contributed by atoms with Gasteiger partial charge in [-0.25, -0.2) is 18.4 Å². The van der Waals surface area contributed by atoms with Gasteiger partial charge in [-0.2, -0.15) is 4.31 Å². The van der Waals surface area contributed by atoms with Crippen LogP contribution in [-0.4, -0.2) is 80.3 Å². The zero-order valence-electron chi connectivity index (χ0n) is 19.1. The van der Waals surface area contributed by atoms with Gasteiger partial charge in [-0.15, -0.1) is 0 Å². The smallest absolute Gasteiger partial charge is 0.251 e. The van der Waals surface area contributed by atoms with Gasteiger partial charge in [0.1, 0.15) is 0 Å². The van der Waals surface area contributed by atoms with Crippen LogP contribution in [0.25, 0.3) is 0 Å². The first-order valence-corrected chi connectivity index (χ1v) is 12.7. The fourth-order valence-corrected chi connectivity index (χ4v) is 4.99. The predicted molar refractivity (Wildman–Crippen MR) is 125 cm³/mol. The molecule has 0 saturated carbocycles. The number of piperazine rings is 1. The van der Waals surface area contributed by atoms with Gasteiger partial charge in [0, 0.05) is 50.7 Å². The second-order valence-electron chi connectivity index (χ2n) is 7.39. The molecule has 180 valence electrons. The second-order valence-corrected chi connectivity index (χ2v) is 9.48. The molecule has 2 heterocycles. The van der Waals surface area contributed by atoms with Crippen molar-refractivity contribution in [2.45, 2.75) is 20.3 Å². The van der Waals surface area contributed by atoms with Crippen LogP contribution >= 0.6 is 0 Å². The van der Waals surface area contributed by atoms with Crippen molar-refractivity contribution in [1.29, 1.82) is 0 Å². The minimum Gasteiger partial charge on any atom is -0.490 e. The van der Waals surface area contributed by atoms with Crippen molar-refractivity contribution < 1.29 is 22.7 Å². The standard InChI is InChI=1S/C22H31N5O5S/c1-3-31-19-8-7-18(17-20(19)32-4-2)21(28)23-11-6-16-33(29,30)27-14-12-26(13-15-27)22-24-9-5-10-25-22/h5,7-10,17H,3-4,6,11-16H2,1-2H3,(H,23,28). The highest BCUT2D eigenvalue weighted by Gasteiger charge is 2.27. The summed E-state index contributed by atoms with van der Waals surface area (Å²) in [5, 5.41) is 2.78. The number of carbonyl (C=O) groups excluding carboxylic acids is 1. The summed E-state index contributed by atoms with van der Waals surface area (Å²) in [6.45, 7) is 6.80. The molecule has 1 aromatic heterocycles. The normalized spacial score (nSPS) is 14.7. The second kappa shape index (κ2) is 11.8. The fraction of sp³-hybridized carbons (Fsp3) is 0.500. The molecule has 1 aliphatic heterocycles. The number of sulfonamides is 1. The molecule has 33 heavy (non-hydrogen) atoms. The van der Waals surface area contributed by atoms with E-state index in [1.54, 1.807) is 36.7 Å². The number of benzene rings is 1. The summed E-state index contributed by atoms with van der Waals surface area (Å²) in [7, 11) is -3.40. The van der Waals surface area contributed by atoms with E-state index in [1.165, 1.54) is 4.31 Å². The number of rotatable bonds is 11. The largest absolute Gasteiger partial charge is 0.490 e. The van der Waals surface area contributed by atoms with Crippen molar-refractivity contribution in [3.8, 4) is 11.5 Å². The maximum atomic E-state index is 12.7. The number of nitrogens with one attached hydrogen (secondary N) is 1. The molecule has 1 N–H and O–H groups in total. The molecule has 0 aliphatic carbocycles. The van der Waals surface area contributed by atoms with Crippen molar-refractivity contribution in [2.75, 3.05) is 56.6 Å². The number of amides is 1. The molecule has 1 saturated heterocycles. The van der Waals surface area contributed by atoms with Gasteiger partial charge in [0.2, 0.25) is 16.0 Å². The predicted octanol–water partition coefficient (Wildman–Crippen LogP) is 1.55. The summed E-state index contributed by atoms with van der Waals surface area (Å²) in [5.74, 6) is 1.39. The number of hydrogen-bond acceptors (Lipinski definition) is 8. The summed E-state index contributed by atoms with van der Waals surface area (Å²) in [5.41, 5.74) is 0.434. The van der Waals surface area contributed by atoms with E-state index < -0.39 is 10.0 Å². The Morgan fingerprint density at radius 2 is 1.70 bits per heavy atom. The molecule has 11 heteroatoms. The third kappa shape index (κ3) is 6.78. The van der Waals surface area contributed by atoms with Gasteiger partial charge in [-0.05, 0) is 44.5 Å². The molecule has 0 unspecified atom stereocenters. The van der Waals surface area contributed by atoms with Crippen molar-refractivity contribution >= 4 is 21.9 Å². The van der Waals surface area contributed by atoms with Crippen LogP contribution < -0.4 is 19.7 Å². The van der Waals surface area contributed by atoms with Crippen molar-refractivity contribution in [2.24, 2.45) is 0 Å². The average molecular weight is 478 g/mol. The summed E-state index contributed by atoms with van der Waals surface area (Å²) in [6, 6.07) is 6.75. The van der Waals surface area contributed by atoms with E-state index in [9.17, 15) is 13.2 Å². The molecule has 1 aliphatic rings. The van der Waals surface area contributed by atoms with Gasteiger partial charge in [0.15, 0.2) is 11.5 Å². The van der Waals surface area contributed by atoms with Crippen LogP contribution in [0, 0.1) is 0 Å². The third-order valence-corrected chi connectivity index (χ3v) is 7.09. The molecule has 0 atom stereocenters. The van der Waals surface area contributed by atoms with Gasteiger partial charge in [0.05, 0.1) is 19.0 Å². The molecule has 0 radical (unpaired) electrons. The Labute approximate surface area is 195 Å². The number of nitrogens with zero attached hydrogens (tertiary/aromatic N) is 4. The number of anilines is 1. The zero-order chi connectivity index (χ0) is 23.7. The molecule has 10 nitrogen and oxygen atoms in total. The van der Waals surface area contributed by atoms with Gasteiger partial charge >= 0.3 is 0 Å². The van der Waals surface area contributed by atoms with Gasteiger partial charge in [-0.1, -0.05) is 0 Å². The molecular formula is C22H31N5O5S. The van der Waals surface area contributed by atoms with Gasteiger partial charge < -0.3 is 19.7 Å². The van der Waals surface area contributed by atoms with Crippen molar-refractivity contribution in [3.63, 3.8) is 0 Å². The Morgan fingerprint density at radius 3 is 2.36 bits per heavy atom. The first-order chi connectivity index (χ1) is 15.9. The maximum absolute atomic E-state index is 12.7. The lowest BCUT2D eigenvalue weighted by atomic mass is 10.2. The summed E-state index contributed by atoms with van der Waals surface area (Å²) in [6.07, 6.45) is 3.67. The average Bonchev–Trinajstić information content (AvgIpc) is 2.84. The summed E-state index contributed by atoms with van der Waals surface area (Å²) < 4.78 is 37.9. The van der Waals surface area contributed by atoms with Crippen LogP contribution in [0.5, 0.6) is 11.5 Å². The molecule has 3 rings (SSSR count). The first kappa shape index (κ1) is 24.7. The number of carbonyl (C=O) groups is 1. The Kier molecular flexibility index (Phi) is 8.84. The third-order valence-electron chi connectivity index (χ3n) is 5.14. The van der Waals surface area contributed by atoms with Crippen LogP contribution in [0.15, 0.2) is 36.7 Å². The molecule has 1 fully saturated rings. The van der Waals surface area contributed by atoms with Crippen molar-refractivity contribution in [1.82, 2.24) is 19.6 Å². The highest BCUT2D eigenvalue weighted by Crippen LogP contribution is 2.28. The molecule has 1 amide bonds. The van der Waals surface area contributed by atoms with E-state index in [0.29, 0.717) is 68.8 Å². The fourth-order valence-electron chi connectivity index (χ4n) is 3.50. The first-order valence-electron chi connectivity index (χ1n) is 11.1. The maximum Gasteiger partial charge on any atom is 0.251 e. The quantitative estimate of drug-likeness (QED) is 0.485.